The molecule has 1 aliphatic rings. The summed E-state index contributed by atoms with van der Waals surface area (Å²) in [7, 11) is 1.53. The number of hydrogen-bond acceptors (Lipinski definition) is 5. The molecule has 13 heteroatoms. The number of ether oxygens (including phenoxy) is 1. The SMILES string of the molecule is C[C@H]1CN([C@@H](C)CO)C(=O)Cc2cc(NC(=O)Nc3ccccc3)ccc2O[C@H]1CN(C)C(=O)Nc1ccc(C(F)(F)F)cc1. The number of para-hydroxylation sites is 1. The summed E-state index contributed by atoms with van der Waals surface area (Å²) < 4.78 is 45.2. The Balaban J connectivity index is 1.53. The van der Waals surface area contributed by atoms with Gasteiger partial charge in [0.05, 0.1) is 31.2 Å². The highest BCUT2D eigenvalue weighted by Gasteiger charge is 2.32. The van der Waals surface area contributed by atoms with Gasteiger partial charge in [0.2, 0.25) is 5.91 Å². The molecule has 1 aliphatic heterocycles. The van der Waals surface area contributed by atoms with E-state index in [2.05, 4.69) is 16.0 Å². The Labute approximate surface area is 259 Å². The summed E-state index contributed by atoms with van der Waals surface area (Å²) in [5.74, 6) is -0.151. The standard InChI is InChI=1S/C32H36F3N5O5/c1-20-17-40(21(2)19-41)29(42)16-22-15-26(37-30(43)36-24-7-5-4-6-8-24)13-14-27(22)45-28(20)18-39(3)31(44)38-25-11-9-23(10-12-25)32(33,34)35/h4-15,20-21,28,41H,16-19H2,1-3H3,(H,38,44)(H2,36,37,43)/t20-,21-,28-/m0/s1. The first-order valence-electron chi connectivity index (χ1n) is 14.4. The molecule has 5 amide bonds. The van der Waals surface area contributed by atoms with E-state index in [0.717, 1.165) is 12.1 Å². The molecule has 0 bridgehead atoms. The predicted molar refractivity (Wildman–Crippen MR) is 164 cm³/mol. The molecule has 1 heterocycles. The van der Waals surface area contributed by atoms with Gasteiger partial charge in [-0.05, 0) is 61.5 Å². The summed E-state index contributed by atoms with van der Waals surface area (Å²) >= 11 is 0. The Kier molecular flexibility index (Phi) is 10.6. The number of likely N-dealkylation sites (N-methyl/N-ethyl adjacent to an activating group) is 1. The molecule has 3 aromatic carbocycles. The van der Waals surface area contributed by atoms with Gasteiger partial charge in [-0.25, -0.2) is 9.59 Å². The van der Waals surface area contributed by atoms with Gasteiger partial charge >= 0.3 is 18.2 Å². The lowest BCUT2D eigenvalue weighted by molar-refractivity contribution is -0.137. The average Bonchev–Trinajstić information content (AvgIpc) is 3.04. The largest absolute Gasteiger partial charge is 0.488 e. The van der Waals surface area contributed by atoms with Crippen molar-refractivity contribution in [2.45, 2.75) is 38.6 Å². The lowest BCUT2D eigenvalue weighted by atomic mass is 10.0. The van der Waals surface area contributed by atoms with Crippen molar-refractivity contribution >= 4 is 35.0 Å². The molecule has 3 aromatic rings. The lowest BCUT2D eigenvalue weighted by Gasteiger charge is -2.34. The molecular formula is C32H36F3N5O5. The van der Waals surface area contributed by atoms with Gasteiger partial charge in [-0.15, -0.1) is 0 Å². The highest BCUT2D eigenvalue weighted by Crippen LogP contribution is 2.31. The van der Waals surface area contributed by atoms with Crippen molar-refractivity contribution in [2.24, 2.45) is 5.92 Å². The zero-order valence-electron chi connectivity index (χ0n) is 25.1. The second-order valence-corrected chi connectivity index (χ2v) is 11.0. The Bertz CT molecular complexity index is 1490. The van der Waals surface area contributed by atoms with E-state index in [1.54, 1.807) is 54.3 Å². The Morgan fingerprint density at radius 3 is 2.27 bits per heavy atom. The fourth-order valence-electron chi connectivity index (χ4n) is 4.85. The number of rotatable bonds is 7. The van der Waals surface area contributed by atoms with E-state index in [0.29, 0.717) is 22.7 Å². The van der Waals surface area contributed by atoms with Gasteiger partial charge in [0.15, 0.2) is 0 Å². The molecule has 4 rings (SSSR count). The predicted octanol–water partition coefficient (Wildman–Crippen LogP) is 5.66. The van der Waals surface area contributed by atoms with Crippen LogP contribution in [0, 0.1) is 5.92 Å². The molecule has 0 aliphatic carbocycles. The van der Waals surface area contributed by atoms with Crippen molar-refractivity contribution in [3.05, 3.63) is 83.9 Å². The molecule has 0 saturated carbocycles. The van der Waals surface area contributed by atoms with Crippen LogP contribution >= 0.6 is 0 Å². The number of anilines is 3. The molecule has 0 aromatic heterocycles. The van der Waals surface area contributed by atoms with E-state index in [4.69, 9.17) is 4.74 Å². The van der Waals surface area contributed by atoms with Crippen LogP contribution in [-0.2, 0) is 17.4 Å². The third-order valence-electron chi connectivity index (χ3n) is 7.47. The first kappa shape index (κ1) is 33.1. The van der Waals surface area contributed by atoms with Crippen LogP contribution in [0.15, 0.2) is 72.8 Å². The van der Waals surface area contributed by atoms with Crippen molar-refractivity contribution in [3.63, 3.8) is 0 Å². The minimum atomic E-state index is -4.49. The molecule has 0 radical (unpaired) electrons. The van der Waals surface area contributed by atoms with Crippen LogP contribution in [0.2, 0.25) is 0 Å². The highest BCUT2D eigenvalue weighted by atomic mass is 19.4. The van der Waals surface area contributed by atoms with Crippen LogP contribution in [0.1, 0.15) is 25.0 Å². The number of carbonyl (C=O) groups is 3. The number of nitrogens with zero attached hydrogens (tertiary/aromatic N) is 2. The van der Waals surface area contributed by atoms with E-state index < -0.39 is 35.9 Å². The van der Waals surface area contributed by atoms with E-state index in [9.17, 15) is 32.7 Å². The molecule has 0 spiro atoms. The summed E-state index contributed by atoms with van der Waals surface area (Å²) in [4.78, 5) is 41.9. The molecule has 0 unspecified atom stereocenters. The van der Waals surface area contributed by atoms with Crippen LogP contribution in [0.3, 0.4) is 0 Å². The van der Waals surface area contributed by atoms with Gasteiger partial charge in [-0.2, -0.15) is 13.2 Å². The topological polar surface area (TPSA) is 123 Å². The first-order chi connectivity index (χ1) is 21.3. The van der Waals surface area contributed by atoms with E-state index in [-0.39, 0.29) is 43.6 Å². The summed E-state index contributed by atoms with van der Waals surface area (Å²) in [5.41, 5.74) is 0.902. The van der Waals surface area contributed by atoms with Crippen LogP contribution in [0.4, 0.5) is 39.8 Å². The normalized spacial score (nSPS) is 17.5. The number of urea groups is 2. The monoisotopic (exact) mass is 627 g/mol. The fourth-order valence-corrected chi connectivity index (χ4v) is 4.85. The maximum absolute atomic E-state index is 13.4. The van der Waals surface area contributed by atoms with Gasteiger partial charge in [0.25, 0.3) is 0 Å². The molecule has 3 atom stereocenters. The highest BCUT2D eigenvalue weighted by molar-refractivity contribution is 6.00. The van der Waals surface area contributed by atoms with Gasteiger partial charge in [0.1, 0.15) is 11.9 Å². The summed E-state index contributed by atoms with van der Waals surface area (Å²) in [5, 5.41) is 18.0. The molecule has 0 fully saturated rings. The van der Waals surface area contributed by atoms with Gasteiger partial charge in [-0.3, -0.25) is 4.79 Å². The van der Waals surface area contributed by atoms with Crippen molar-refractivity contribution in [1.29, 1.82) is 0 Å². The van der Waals surface area contributed by atoms with Crippen molar-refractivity contribution < 1.29 is 37.4 Å². The molecule has 4 N–H and O–H groups in total. The third-order valence-corrected chi connectivity index (χ3v) is 7.47. The second-order valence-electron chi connectivity index (χ2n) is 11.0. The number of nitrogens with one attached hydrogen (secondary N) is 3. The van der Waals surface area contributed by atoms with Crippen molar-refractivity contribution in [3.8, 4) is 5.75 Å². The smallest absolute Gasteiger partial charge is 0.416 e. The zero-order chi connectivity index (χ0) is 32.7. The quantitative estimate of drug-likeness (QED) is 0.269. The number of carbonyl (C=O) groups excluding carboxylic acids is 3. The lowest BCUT2D eigenvalue weighted by Crippen LogP contribution is -2.48. The summed E-state index contributed by atoms with van der Waals surface area (Å²) in [6, 6.07) is 16.4. The molecule has 45 heavy (non-hydrogen) atoms. The Morgan fingerprint density at radius 2 is 1.62 bits per heavy atom. The number of amides is 5. The second kappa shape index (κ2) is 14.3. The average molecular weight is 628 g/mol. The van der Waals surface area contributed by atoms with E-state index >= 15 is 0 Å². The van der Waals surface area contributed by atoms with Crippen LogP contribution in [-0.4, -0.2) is 71.8 Å². The van der Waals surface area contributed by atoms with E-state index in [1.165, 1.54) is 24.1 Å². The van der Waals surface area contributed by atoms with Gasteiger partial charge in [0, 0.05) is 42.1 Å². The molecule has 240 valence electrons. The number of aliphatic hydroxyl groups excluding tert-OH is 1. The third kappa shape index (κ3) is 8.88. The first-order valence-corrected chi connectivity index (χ1v) is 14.4. The van der Waals surface area contributed by atoms with Gasteiger partial charge in [-0.1, -0.05) is 25.1 Å². The maximum Gasteiger partial charge on any atom is 0.416 e. The molecule has 10 nitrogen and oxygen atoms in total. The number of hydrogen-bond donors (Lipinski definition) is 4. The number of halogens is 3. The van der Waals surface area contributed by atoms with Gasteiger partial charge < -0.3 is 35.6 Å². The van der Waals surface area contributed by atoms with Crippen molar-refractivity contribution in [1.82, 2.24) is 9.80 Å². The Hall–Kier alpha value is -4.78. The van der Waals surface area contributed by atoms with E-state index in [1.807, 2.05) is 13.0 Å². The Morgan fingerprint density at radius 1 is 1.00 bits per heavy atom. The van der Waals surface area contributed by atoms with Crippen LogP contribution in [0.5, 0.6) is 5.75 Å². The number of benzene rings is 3. The molecular weight excluding hydrogens is 591 g/mol. The summed E-state index contributed by atoms with van der Waals surface area (Å²) in [6.45, 7) is 3.65. The summed E-state index contributed by atoms with van der Waals surface area (Å²) in [6.07, 6.45) is -5.17. The van der Waals surface area contributed by atoms with Crippen LogP contribution < -0.4 is 20.7 Å². The van der Waals surface area contributed by atoms with Crippen molar-refractivity contribution in [2.75, 3.05) is 42.7 Å². The number of aliphatic hydroxyl groups is 1. The maximum atomic E-state index is 13.4. The zero-order valence-corrected chi connectivity index (χ0v) is 25.1. The molecule has 0 saturated heterocycles. The minimum absolute atomic E-state index is 0.0564. The minimum Gasteiger partial charge on any atom is -0.488 e. The fraction of sp³-hybridized carbons (Fsp3) is 0.344. The number of fused-ring (bicyclic) bond motifs is 1. The van der Waals surface area contributed by atoms with Crippen LogP contribution in [0.25, 0.3) is 0 Å². The number of alkyl halides is 3.